The highest BCUT2D eigenvalue weighted by Crippen LogP contribution is 2.22. The number of hydrogen-bond donors (Lipinski definition) is 2. The van der Waals surface area contributed by atoms with Crippen LogP contribution in [0, 0.1) is 5.82 Å². The summed E-state index contributed by atoms with van der Waals surface area (Å²) in [5.74, 6) is -1.07. The van der Waals surface area contributed by atoms with E-state index >= 15 is 0 Å². The van der Waals surface area contributed by atoms with E-state index in [1.165, 1.54) is 12.1 Å². The van der Waals surface area contributed by atoms with Crippen molar-refractivity contribution in [1.29, 1.82) is 0 Å². The number of nitrogens with one attached hydrogen (secondary N) is 1. The van der Waals surface area contributed by atoms with E-state index in [4.69, 9.17) is 5.11 Å². The first kappa shape index (κ1) is 13.8. The Balaban J connectivity index is 2.10. The normalized spacial score (nSPS) is 18.4. The van der Waals surface area contributed by atoms with Crippen LogP contribution < -0.4 is 5.32 Å². The van der Waals surface area contributed by atoms with Crippen LogP contribution in [-0.2, 0) is 4.79 Å². The lowest BCUT2D eigenvalue weighted by Crippen LogP contribution is -2.42. The van der Waals surface area contributed by atoms with Crippen molar-refractivity contribution >= 4 is 33.6 Å². The van der Waals surface area contributed by atoms with Crippen LogP contribution in [0.3, 0.4) is 0 Å². The van der Waals surface area contributed by atoms with E-state index in [1.54, 1.807) is 6.07 Å². The van der Waals surface area contributed by atoms with Gasteiger partial charge in [-0.3, -0.25) is 9.69 Å². The maximum Gasteiger partial charge on any atom is 0.407 e. The molecule has 1 aliphatic heterocycles. The van der Waals surface area contributed by atoms with Crippen molar-refractivity contribution in [2.75, 3.05) is 11.9 Å². The van der Waals surface area contributed by atoms with Gasteiger partial charge in [-0.05, 0) is 31.0 Å². The molecule has 0 bridgehead atoms. The molecule has 2 amide bonds. The van der Waals surface area contributed by atoms with Gasteiger partial charge in [-0.1, -0.05) is 15.9 Å². The highest BCUT2D eigenvalue weighted by molar-refractivity contribution is 9.10. The van der Waals surface area contributed by atoms with Crippen molar-refractivity contribution in [3.05, 3.63) is 28.5 Å². The number of hydrogen-bond acceptors (Lipinski definition) is 2. The lowest BCUT2D eigenvalue weighted by atomic mass is 10.2. The SMILES string of the molecule is O=C(Nc1ccc(Br)cc1F)[C@H]1CCCN1C(=O)O. The first-order chi connectivity index (χ1) is 8.99. The number of amides is 2. The van der Waals surface area contributed by atoms with Crippen molar-refractivity contribution in [2.45, 2.75) is 18.9 Å². The maximum atomic E-state index is 13.6. The predicted molar refractivity (Wildman–Crippen MR) is 70.5 cm³/mol. The summed E-state index contributed by atoms with van der Waals surface area (Å²) in [4.78, 5) is 24.0. The Kier molecular flexibility index (Phi) is 4.04. The Hall–Kier alpha value is -1.63. The van der Waals surface area contributed by atoms with Gasteiger partial charge in [0.1, 0.15) is 11.9 Å². The van der Waals surface area contributed by atoms with Gasteiger partial charge in [0.05, 0.1) is 5.69 Å². The highest BCUT2D eigenvalue weighted by atomic mass is 79.9. The molecular formula is C12H12BrFN2O3. The second kappa shape index (κ2) is 5.56. The summed E-state index contributed by atoms with van der Waals surface area (Å²) in [6.45, 7) is 0.330. The van der Waals surface area contributed by atoms with E-state index in [1.807, 2.05) is 0 Å². The molecular weight excluding hydrogens is 319 g/mol. The number of carbonyl (C=O) groups is 2. The largest absolute Gasteiger partial charge is 0.465 e. The van der Waals surface area contributed by atoms with Gasteiger partial charge in [0.15, 0.2) is 0 Å². The van der Waals surface area contributed by atoms with E-state index in [2.05, 4.69) is 21.2 Å². The Bertz CT molecular complexity index is 524. The Morgan fingerprint density at radius 2 is 2.21 bits per heavy atom. The third kappa shape index (κ3) is 3.04. The minimum atomic E-state index is -1.13. The van der Waals surface area contributed by atoms with Crippen LogP contribution in [0.2, 0.25) is 0 Å². The molecule has 2 rings (SSSR count). The zero-order valence-corrected chi connectivity index (χ0v) is 11.5. The number of halogens is 2. The van der Waals surface area contributed by atoms with E-state index in [0.29, 0.717) is 23.9 Å². The fourth-order valence-electron chi connectivity index (χ4n) is 2.08. The van der Waals surface area contributed by atoms with Gasteiger partial charge >= 0.3 is 6.09 Å². The quantitative estimate of drug-likeness (QED) is 0.875. The third-order valence-electron chi connectivity index (χ3n) is 2.99. The number of carbonyl (C=O) groups excluding carboxylic acids is 1. The van der Waals surface area contributed by atoms with Gasteiger partial charge in [-0.25, -0.2) is 9.18 Å². The standard InChI is InChI=1S/C12H12BrFN2O3/c13-7-3-4-9(8(14)6-7)15-11(17)10-2-1-5-16(10)12(18)19/h3-4,6,10H,1-2,5H2,(H,15,17)(H,18,19)/t10-/m1/s1. The Labute approximate surface area is 117 Å². The zero-order valence-electron chi connectivity index (χ0n) is 9.90. The van der Waals surface area contributed by atoms with Crippen molar-refractivity contribution in [3.8, 4) is 0 Å². The zero-order chi connectivity index (χ0) is 14.0. The molecule has 5 nitrogen and oxygen atoms in total. The molecule has 1 heterocycles. The van der Waals surface area contributed by atoms with Gasteiger partial charge < -0.3 is 10.4 Å². The predicted octanol–water partition coefficient (Wildman–Crippen LogP) is 2.67. The van der Waals surface area contributed by atoms with E-state index in [9.17, 15) is 14.0 Å². The molecule has 0 aromatic heterocycles. The minimum Gasteiger partial charge on any atom is -0.465 e. The fourth-order valence-corrected chi connectivity index (χ4v) is 2.41. The van der Waals surface area contributed by atoms with Crippen molar-refractivity contribution in [1.82, 2.24) is 4.90 Å². The van der Waals surface area contributed by atoms with Crippen molar-refractivity contribution in [3.63, 3.8) is 0 Å². The number of anilines is 1. The van der Waals surface area contributed by atoms with Crippen LogP contribution in [0.5, 0.6) is 0 Å². The van der Waals surface area contributed by atoms with Crippen LogP contribution in [-0.4, -0.2) is 34.6 Å². The fraction of sp³-hybridized carbons (Fsp3) is 0.333. The summed E-state index contributed by atoms with van der Waals surface area (Å²) in [5, 5.41) is 11.4. The molecule has 1 saturated heterocycles. The van der Waals surface area contributed by atoms with Crippen molar-refractivity contribution in [2.24, 2.45) is 0 Å². The van der Waals surface area contributed by atoms with Gasteiger partial charge in [0, 0.05) is 11.0 Å². The van der Waals surface area contributed by atoms with E-state index in [0.717, 1.165) is 4.90 Å². The molecule has 1 fully saturated rings. The first-order valence-corrected chi connectivity index (χ1v) is 6.54. The van der Waals surface area contributed by atoms with E-state index < -0.39 is 23.9 Å². The molecule has 7 heteroatoms. The molecule has 1 atom stereocenters. The Morgan fingerprint density at radius 1 is 1.47 bits per heavy atom. The number of rotatable bonds is 2. The first-order valence-electron chi connectivity index (χ1n) is 5.74. The van der Waals surface area contributed by atoms with Crippen LogP contribution in [0.1, 0.15) is 12.8 Å². The summed E-state index contributed by atoms with van der Waals surface area (Å²) in [6.07, 6.45) is -0.0438. The highest BCUT2D eigenvalue weighted by Gasteiger charge is 2.34. The second-order valence-electron chi connectivity index (χ2n) is 4.25. The number of carboxylic acid groups (broad SMARTS) is 1. The van der Waals surface area contributed by atoms with Gasteiger partial charge in [0.25, 0.3) is 0 Å². The molecule has 19 heavy (non-hydrogen) atoms. The van der Waals surface area contributed by atoms with Crippen molar-refractivity contribution < 1.29 is 19.1 Å². The topological polar surface area (TPSA) is 69.6 Å². The smallest absolute Gasteiger partial charge is 0.407 e. The molecule has 2 N–H and O–H groups in total. The molecule has 1 aliphatic rings. The summed E-state index contributed by atoms with van der Waals surface area (Å²) >= 11 is 3.12. The van der Waals surface area contributed by atoms with Gasteiger partial charge in [-0.15, -0.1) is 0 Å². The molecule has 0 saturated carbocycles. The van der Waals surface area contributed by atoms with Crippen LogP contribution in [0.4, 0.5) is 14.9 Å². The molecule has 1 aromatic carbocycles. The second-order valence-corrected chi connectivity index (χ2v) is 5.16. The Morgan fingerprint density at radius 3 is 2.84 bits per heavy atom. The summed E-state index contributed by atoms with van der Waals surface area (Å²) < 4.78 is 14.1. The van der Waals surface area contributed by atoms with Crippen LogP contribution >= 0.6 is 15.9 Å². The molecule has 0 radical (unpaired) electrons. The summed E-state index contributed by atoms with van der Waals surface area (Å²) in [6, 6.07) is 3.51. The lowest BCUT2D eigenvalue weighted by molar-refractivity contribution is -0.119. The lowest BCUT2D eigenvalue weighted by Gasteiger charge is -2.20. The molecule has 1 aromatic rings. The monoisotopic (exact) mass is 330 g/mol. The molecule has 0 unspecified atom stereocenters. The molecule has 0 spiro atoms. The average molecular weight is 331 g/mol. The number of benzene rings is 1. The average Bonchev–Trinajstić information content (AvgIpc) is 2.82. The number of likely N-dealkylation sites (tertiary alicyclic amines) is 1. The third-order valence-corrected chi connectivity index (χ3v) is 3.48. The van der Waals surface area contributed by atoms with Crippen LogP contribution in [0.15, 0.2) is 22.7 Å². The minimum absolute atomic E-state index is 0.0467. The molecule has 0 aliphatic carbocycles. The molecule has 102 valence electrons. The van der Waals surface area contributed by atoms with Gasteiger partial charge in [-0.2, -0.15) is 0 Å². The van der Waals surface area contributed by atoms with E-state index in [-0.39, 0.29) is 5.69 Å². The summed E-state index contributed by atoms with van der Waals surface area (Å²) in [7, 11) is 0. The van der Waals surface area contributed by atoms with Gasteiger partial charge in [0.2, 0.25) is 5.91 Å². The summed E-state index contributed by atoms with van der Waals surface area (Å²) in [5.41, 5.74) is 0.0467. The number of nitrogens with zero attached hydrogens (tertiary/aromatic N) is 1. The van der Waals surface area contributed by atoms with Crippen LogP contribution in [0.25, 0.3) is 0 Å². The maximum absolute atomic E-state index is 13.6.